The fourth-order valence-corrected chi connectivity index (χ4v) is 5.41. The number of carbonyl (C=O) groups is 1. The van der Waals surface area contributed by atoms with E-state index >= 15 is 0 Å². The smallest absolute Gasteiger partial charge is 0.259 e. The van der Waals surface area contributed by atoms with E-state index < -0.39 is 0 Å². The number of nitrogens with zero attached hydrogens (tertiary/aromatic N) is 2. The van der Waals surface area contributed by atoms with E-state index in [2.05, 4.69) is 48.2 Å². The van der Waals surface area contributed by atoms with Crippen LogP contribution >= 0.6 is 22.7 Å². The summed E-state index contributed by atoms with van der Waals surface area (Å²) >= 11 is 3.39. The number of aryl methyl sites for hydroxylation is 1. The highest BCUT2D eigenvalue weighted by atomic mass is 32.1. The number of aromatic nitrogens is 1. The van der Waals surface area contributed by atoms with E-state index in [0.717, 1.165) is 27.7 Å². The van der Waals surface area contributed by atoms with Gasteiger partial charge in [-0.2, -0.15) is 0 Å². The first kappa shape index (κ1) is 25.8. The van der Waals surface area contributed by atoms with Crippen LogP contribution in [0.2, 0.25) is 0 Å². The van der Waals surface area contributed by atoms with Crippen molar-refractivity contribution in [2.75, 3.05) is 11.9 Å². The predicted molar refractivity (Wildman–Crippen MR) is 147 cm³/mol. The number of allylic oxidation sites excluding steroid dienone is 3. The van der Waals surface area contributed by atoms with Crippen molar-refractivity contribution < 1.29 is 4.79 Å². The maximum Gasteiger partial charge on any atom is 0.259 e. The summed E-state index contributed by atoms with van der Waals surface area (Å²) in [5, 5.41) is 6.58. The van der Waals surface area contributed by atoms with Gasteiger partial charge in [0.1, 0.15) is 6.17 Å². The summed E-state index contributed by atoms with van der Waals surface area (Å²) in [5.41, 5.74) is 2.61. The molecule has 0 aliphatic heterocycles. The zero-order chi connectivity index (χ0) is 24.5. The predicted octanol–water partition coefficient (Wildman–Crippen LogP) is 7.07. The molecule has 0 radical (unpaired) electrons. The summed E-state index contributed by atoms with van der Waals surface area (Å²) in [4.78, 5) is 22.8. The molecule has 2 aromatic heterocycles. The van der Waals surface area contributed by atoms with Gasteiger partial charge in [0.25, 0.3) is 5.91 Å². The van der Waals surface area contributed by atoms with Gasteiger partial charge in [-0.15, -0.1) is 29.3 Å². The number of benzene rings is 1. The van der Waals surface area contributed by atoms with Crippen molar-refractivity contribution in [3.8, 4) is 0 Å². The average Bonchev–Trinajstić information content (AvgIpc) is 3.45. The molecule has 1 atom stereocenters. The molecular formula is C28H33N3OS2. The van der Waals surface area contributed by atoms with Crippen molar-refractivity contribution in [2.45, 2.75) is 39.8 Å². The molecule has 1 amide bonds. The number of amides is 1. The molecule has 178 valence electrons. The standard InChI is InChI=1S/C28H33N3OS2/c1-6-7-9-12-22(17-20(2)3)28(32)31(24-13-10-8-11-14-24)27(29-5)26-16-15-25(34-26)18-23-19-33-21(4)30-23/h6,8-17,19-20,27,29H,1,7,18H2,2-5H3/b12-9-,22-17+. The van der Waals surface area contributed by atoms with Crippen molar-refractivity contribution in [3.63, 3.8) is 0 Å². The molecule has 3 aromatic rings. The molecule has 6 heteroatoms. The van der Waals surface area contributed by atoms with Gasteiger partial charge in [0.15, 0.2) is 0 Å². The van der Waals surface area contributed by atoms with Crippen LogP contribution < -0.4 is 10.2 Å². The Morgan fingerprint density at radius 1 is 1.21 bits per heavy atom. The number of thiophene rings is 1. The fraction of sp³-hybridized carbons (Fsp3) is 0.286. The van der Waals surface area contributed by atoms with Crippen LogP contribution in [0.25, 0.3) is 0 Å². The molecule has 0 spiro atoms. The monoisotopic (exact) mass is 491 g/mol. The number of nitrogens with one attached hydrogen (secondary N) is 1. The van der Waals surface area contributed by atoms with Crippen LogP contribution in [-0.2, 0) is 11.2 Å². The third-order valence-electron chi connectivity index (χ3n) is 5.12. The van der Waals surface area contributed by atoms with Crippen molar-refractivity contribution in [1.82, 2.24) is 10.3 Å². The van der Waals surface area contributed by atoms with Gasteiger partial charge in [0, 0.05) is 32.8 Å². The molecule has 0 aliphatic rings. The van der Waals surface area contributed by atoms with E-state index in [1.54, 1.807) is 22.7 Å². The van der Waals surface area contributed by atoms with Crippen molar-refractivity contribution in [1.29, 1.82) is 0 Å². The summed E-state index contributed by atoms with van der Waals surface area (Å²) in [6.07, 6.45) is 8.97. The zero-order valence-corrected chi connectivity index (χ0v) is 22.0. The number of para-hydroxylation sites is 1. The van der Waals surface area contributed by atoms with Crippen molar-refractivity contribution in [3.05, 3.63) is 105 Å². The Morgan fingerprint density at radius 3 is 2.59 bits per heavy atom. The lowest BCUT2D eigenvalue weighted by Gasteiger charge is -2.31. The fourth-order valence-electron chi connectivity index (χ4n) is 3.66. The van der Waals surface area contributed by atoms with Crippen LogP contribution in [0.3, 0.4) is 0 Å². The molecule has 0 aliphatic carbocycles. The summed E-state index contributed by atoms with van der Waals surface area (Å²) < 4.78 is 0. The number of anilines is 1. The minimum atomic E-state index is -0.297. The lowest BCUT2D eigenvalue weighted by molar-refractivity contribution is -0.115. The third-order valence-corrected chi connectivity index (χ3v) is 7.08. The van der Waals surface area contributed by atoms with E-state index in [1.165, 1.54) is 4.88 Å². The SMILES string of the molecule is C=CC/C=C\C(=C/C(C)C)C(=O)N(c1ccccc1)C(NC)c1ccc(Cc2csc(C)n2)s1. The molecule has 2 heterocycles. The van der Waals surface area contributed by atoms with Crippen LogP contribution in [0.1, 0.15) is 46.9 Å². The first-order valence-corrected chi connectivity index (χ1v) is 13.2. The first-order valence-electron chi connectivity index (χ1n) is 11.5. The first-order chi connectivity index (χ1) is 16.4. The molecule has 0 saturated carbocycles. The van der Waals surface area contributed by atoms with Gasteiger partial charge in [-0.3, -0.25) is 15.0 Å². The average molecular weight is 492 g/mol. The molecule has 4 nitrogen and oxygen atoms in total. The highest BCUT2D eigenvalue weighted by molar-refractivity contribution is 7.12. The van der Waals surface area contributed by atoms with E-state index in [4.69, 9.17) is 0 Å². The van der Waals surface area contributed by atoms with E-state index in [-0.39, 0.29) is 18.0 Å². The Kier molecular flexibility index (Phi) is 9.57. The molecule has 1 aromatic carbocycles. The zero-order valence-electron chi connectivity index (χ0n) is 20.3. The molecule has 1 N–H and O–H groups in total. The Labute approximate surface area is 211 Å². The summed E-state index contributed by atoms with van der Waals surface area (Å²) in [5.74, 6) is 0.206. The van der Waals surface area contributed by atoms with Crippen LogP contribution in [0.15, 0.2) is 84.3 Å². The Morgan fingerprint density at radius 2 is 1.97 bits per heavy atom. The number of thiazole rings is 1. The van der Waals surface area contributed by atoms with Gasteiger partial charge >= 0.3 is 0 Å². The highest BCUT2D eigenvalue weighted by Crippen LogP contribution is 2.32. The largest absolute Gasteiger partial charge is 0.295 e. The van der Waals surface area contributed by atoms with Gasteiger partial charge in [-0.1, -0.05) is 56.4 Å². The molecule has 0 fully saturated rings. The van der Waals surface area contributed by atoms with Crippen LogP contribution in [0.4, 0.5) is 5.69 Å². The second kappa shape index (κ2) is 12.6. The lowest BCUT2D eigenvalue weighted by atomic mass is 10.1. The Bertz CT molecular complexity index is 1140. The number of rotatable bonds is 11. The molecule has 34 heavy (non-hydrogen) atoms. The molecule has 3 rings (SSSR count). The van der Waals surface area contributed by atoms with E-state index in [1.807, 2.05) is 73.5 Å². The molecule has 0 saturated heterocycles. The minimum Gasteiger partial charge on any atom is -0.295 e. The normalized spacial score (nSPS) is 12.9. The molecular weight excluding hydrogens is 458 g/mol. The van der Waals surface area contributed by atoms with E-state index in [9.17, 15) is 4.79 Å². The summed E-state index contributed by atoms with van der Waals surface area (Å²) in [6, 6.07) is 14.1. The van der Waals surface area contributed by atoms with Crippen LogP contribution in [0, 0.1) is 12.8 Å². The second-order valence-electron chi connectivity index (χ2n) is 8.33. The molecule has 0 bridgehead atoms. The Hall–Kier alpha value is -2.80. The lowest BCUT2D eigenvalue weighted by Crippen LogP contribution is -2.41. The summed E-state index contributed by atoms with van der Waals surface area (Å²) in [7, 11) is 1.90. The number of hydrogen-bond acceptors (Lipinski definition) is 5. The minimum absolute atomic E-state index is 0.0374. The maximum absolute atomic E-state index is 14.0. The number of hydrogen-bond donors (Lipinski definition) is 1. The van der Waals surface area contributed by atoms with Crippen molar-refractivity contribution >= 4 is 34.3 Å². The van der Waals surface area contributed by atoms with Gasteiger partial charge in [-0.05, 0) is 50.6 Å². The van der Waals surface area contributed by atoms with Gasteiger partial charge < -0.3 is 0 Å². The van der Waals surface area contributed by atoms with Crippen molar-refractivity contribution in [2.24, 2.45) is 5.92 Å². The van der Waals surface area contributed by atoms with E-state index in [0.29, 0.717) is 12.0 Å². The van der Waals surface area contributed by atoms with Crippen LogP contribution in [-0.4, -0.2) is 17.9 Å². The van der Waals surface area contributed by atoms with Gasteiger partial charge in [0.05, 0.1) is 10.7 Å². The molecule has 1 unspecified atom stereocenters. The Balaban J connectivity index is 1.98. The number of carbonyl (C=O) groups excluding carboxylic acids is 1. The second-order valence-corrected chi connectivity index (χ2v) is 10.6. The topological polar surface area (TPSA) is 45.2 Å². The quantitative estimate of drug-likeness (QED) is 0.135. The van der Waals surface area contributed by atoms with Gasteiger partial charge in [0.2, 0.25) is 0 Å². The van der Waals surface area contributed by atoms with Crippen LogP contribution in [0.5, 0.6) is 0 Å². The third kappa shape index (κ3) is 6.86. The highest BCUT2D eigenvalue weighted by Gasteiger charge is 2.28. The summed E-state index contributed by atoms with van der Waals surface area (Å²) in [6.45, 7) is 9.98. The van der Waals surface area contributed by atoms with Gasteiger partial charge in [-0.25, -0.2) is 4.98 Å². The maximum atomic E-state index is 14.0.